The molecule has 0 spiro atoms. The molecular weight excluding hydrogens is 352 g/mol. The Labute approximate surface area is 131 Å². The van der Waals surface area contributed by atoms with Crippen LogP contribution in [0.25, 0.3) is 10.8 Å². The van der Waals surface area contributed by atoms with Gasteiger partial charge in [0.05, 0.1) is 4.90 Å². The van der Waals surface area contributed by atoms with E-state index in [0.29, 0.717) is 11.8 Å². The number of nitrogens with two attached hydrogens (primary N) is 1. The van der Waals surface area contributed by atoms with E-state index in [0.717, 1.165) is 6.07 Å². The van der Waals surface area contributed by atoms with E-state index < -0.39 is 30.0 Å². The van der Waals surface area contributed by atoms with Gasteiger partial charge in [-0.05, 0) is 41.9 Å². The molecule has 0 radical (unpaired) electrons. The van der Waals surface area contributed by atoms with E-state index in [9.17, 15) is 21.4 Å². The number of hydrogen-bond donors (Lipinski definition) is 4. The van der Waals surface area contributed by atoms with Crippen molar-refractivity contribution >= 4 is 54.0 Å². The molecule has 0 aliphatic carbocycles. The van der Waals surface area contributed by atoms with Crippen molar-refractivity contribution in [1.29, 1.82) is 0 Å². The minimum absolute atomic E-state index is 0.0381. The zero-order chi connectivity index (χ0) is 16.7. The lowest BCUT2D eigenvalue weighted by molar-refractivity contribution is 0.482. The monoisotopic (exact) mass is 362 g/mol. The molecule has 2 aromatic carbocycles. The number of anilines is 1. The Bertz CT molecular complexity index is 982. The number of hydrogen-bond acceptors (Lipinski definition) is 5. The largest absolute Gasteiger partial charge is 0.376 e. The fourth-order valence-corrected chi connectivity index (χ4v) is 3.35. The first kappa shape index (κ1) is 16.6. The maximum absolute atomic E-state index is 11.5. The summed E-state index contributed by atoms with van der Waals surface area (Å²) >= 11 is 4.66. The van der Waals surface area contributed by atoms with Crippen LogP contribution in [0, 0.1) is 0 Å². The molecule has 0 saturated carbocycles. The fraction of sp³-hybridized carbons (Fsp3) is 0. The lowest BCUT2D eigenvalue weighted by Gasteiger charge is -2.10. The summed E-state index contributed by atoms with van der Waals surface area (Å²) < 4.78 is 63.7. The predicted octanol–water partition coefficient (Wildman–Crippen LogP) is 0.989. The molecule has 2 aromatic rings. The highest BCUT2D eigenvalue weighted by atomic mass is 32.2. The van der Waals surface area contributed by atoms with Gasteiger partial charge in [0.15, 0.2) is 5.11 Å². The third-order valence-corrected chi connectivity index (χ3v) is 4.56. The molecule has 11 heteroatoms. The highest BCUT2D eigenvalue weighted by Gasteiger charge is 2.20. The van der Waals surface area contributed by atoms with Crippen LogP contribution in [-0.4, -0.2) is 31.1 Å². The summed E-state index contributed by atoms with van der Waals surface area (Å²) in [6, 6.07) is 5.93. The van der Waals surface area contributed by atoms with Crippen LogP contribution in [0.15, 0.2) is 40.1 Å². The van der Waals surface area contributed by atoms with Crippen molar-refractivity contribution in [2.75, 3.05) is 5.32 Å². The quantitative estimate of drug-likeness (QED) is 0.463. The molecule has 0 saturated heterocycles. The summed E-state index contributed by atoms with van der Waals surface area (Å²) in [5.41, 5.74) is 5.67. The van der Waals surface area contributed by atoms with E-state index in [-0.39, 0.29) is 15.9 Å². The second-order valence-corrected chi connectivity index (χ2v) is 7.55. The molecule has 0 unspecified atom stereocenters. The molecule has 0 aliphatic heterocycles. The molecule has 0 aliphatic rings. The SMILES string of the molecule is NC(=S)Nc1ccc2cc(S(=O)(=O)O)cc(S(=O)(=O)O)c2c1. The smallest absolute Gasteiger partial charge is 0.295 e. The number of rotatable bonds is 3. The van der Waals surface area contributed by atoms with E-state index in [1.54, 1.807) is 0 Å². The highest BCUT2D eigenvalue weighted by Crippen LogP contribution is 2.29. The van der Waals surface area contributed by atoms with E-state index in [1.807, 2.05) is 0 Å². The van der Waals surface area contributed by atoms with Crippen molar-refractivity contribution in [3.63, 3.8) is 0 Å². The van der Waals surface area contributed by atoms with Crippen LogP contribution in [-0.2, 0) is 20.2 Å². The lowest BCUT2D eigenvalue weighted by Crippen LogP contribution is -2.18. The van der Waals surface area contributed by atoms with Gasteiger partial charge in [-0.2, -0.15) is 16.8 Å². The molecule has 0 amide bonds. The maximum Gasteiger partial charge on any atom is 0.295 e. The Kier molecular flexibility index (Phi) is 4.10. The van der Waals surface area contributed by atoms with E-state index >= 15 is 0 Å². The molecule has 0 fully saturated rings. The summed E-state index contributed by atoms with van der Waals surface area (Å²) in [5, 5.41) is 2.75. The second kappa shape index (κ2) is 5.44. The Hall–Kier alpha value is -1.79. The van der Waals surface area contributed by atoms with Gasteiger partial charge in [0.1, 0.15) is 4.90 Å². The minimum Gasteiger partial charge on any atom is -0.376 e. The first-order chi connectivity index (χ1) is 9.98. The van der Waals surface area contributed by atoms with Gasteiger partial charge in [-0.25, -0.2) is 0 Å². The predicted molar refractivity (Wildman–Crippen MR) is 84.0 cm³/mol. The third-order valence-electron chi connectivity index (χ3n) is 2.73. The van der Waals surface area contributed by atoms with Crippen molar-refractivity contribution in [2.45, 2.75) is 9.79 Å². The van der Waals surface area contributed by atoms with E-state index in [4.69, 9.17) is 10.3 Å². The molecule has 22 heavy (non-hydrogen) atoms. The summed E-state index contributed by atoms with van der Waals surface area (Å²) in [4.78, 5) is -1.31. The lowest BCUT2D eigenvalue weighted by atomic mass is 10.1. The van der Waals surface area contributed by atoms with Gasteiger partial charge in [0.2, 0.25) is 0 Å². The summed E-state index contributed by atoms with van der Waals surface area (Å²) in [7, 11) is -9.36. The average Bonchev–Trinajstić information content (AvgIpc) is 2.34. The molecule has 2 rings (SSSR count). The van der Waals surface area contributed by atoms with Gasteiger partial charge < -0.3 is 11.1 Å². The van der Waals surface area contributed by atoms with Crippen LogP contribution in [0.1, 0.15) is 0 Å². The van der Waals surface area contributed by atoms with Crippen LogP contribution < -0.4 is 11.1 Å². The minimum atomic E-state index is -4.72. The third kappa shape index (κ3) is 3.51. The van der Waals surface area contributed by atoms with Crippen LogP contribution >= 0.6 is 12.2 Å². The molecule has 0 bridgehead atoms. The Morgan fingerprint density at radius 2 is 1.68 bits per heavy atom. The average molecular weight is 362 g/mol. The Balaban J connectivity index is 2.86. The van der Waals surface area contributed by atoms with Crippen LogP contribution in [0.2, 0.25) is 0 Å². The summed E-state index contributed by atoms with van der Waals surface area (Å²) in [5.74, 6) is 0. The Morgan fingerprint density at radius 3 is 2.18 bits per heavy atom. The fourth-order valence-electron chi connectivity index (χ4n) is 1.88. The van der Waals surface area contributed by atoms with Crippen LogP contribution in [0.4, 0.5) is 5.69 Å². The molecule has 8 nitrogen and oxygen atoms in total. The van der Waals surface area contributed by atoms with Gasteiger partial charge in [-0.15, -0.1) is 0 Å². The number of nitrogens with one attached hydrogen (secondary N) is 1. The zero-order valence-electron chi connectivity index (χ0n) is 10.7. The van der Waals surface area contributed by atoms with Crippen LogP contribution in [0.5, 0.6) is 0 Å². The van der Waals surface area contributed by atoms with Crippen molar-refractivity contribution in [3.05, 3.63) is 30.3 Å². The van der Waals surface area contributed by atoms with Gasteiger partial charge in [-0.1, -0.05) is 6.07 Å². The molecular formula is C11H10N2O6S3. The highest BCUT2D eigenvalue weighted by molar-refractivity contribution is 7.86. The molecule has 0 atom stereocenters. The number of benzene rings is 2. The van der Waals surface area contributed by atoms with Gasteiger partial charge in [0.25, 0.3) is 20.2 Å². The first-order valence-electron chi connectivity index (χ1n) is 5.58. The Morgan fingerprint density at radius 1 is 1.05 bits per heavy atom. The zero-order valence-corrected chi connectivity index (χ0v) is 13.2. The molecule has 118 valence electrons. The number of fused-ring (bicyclic) bond motifs is 1. The van der Waals surface area contributed by atoms with Gasteiger partial charge in [0, 0.05) is 11.1 Å². The topological polar surface area (TPSA) is 147 Å². The van der Waals surface area contributed by atoms with Crippen LogP contribution in [0.3, 0.4) is 0 Å². The van der Waals surface area contributed by atoms with Crippen molar-refractivity contribution in [3.8, 4) is 0 Å². The van der Waals surface area contributed by atoms with Gasteiger partial charge in [-0.3, -0.25) is 9.11 Å². The van der Waals surface area contributed by atoms with E-state index in [1.165, 1.54) is 18.2 Å². The normalized spacial score (nSPS) is 12.3. The van der Waals surface area contributed by atoms with Crippen molar-refractivity contribution < 1.29 is 25.9 Å². The summed E-state index contributed by atoms with van der Waals surface area (Å²) in [6.45, 7) is 0. The van der Waals surface area contributed by atoms with Crippen molar-refractivity contribution in [2.24, 2.45) is 5.73 Å². The molecule has 5 N–H and O–H groups in total. The number of thiocarbonyl (C=S) groups is 1. The van der Waals surface area contributed by atoms with Gasteiger partial charge >= 0.3 is 0 Å². The first-order valence-corrected chi connectivity index (χ1v) is 8.86. The second-order valence-electron chi connectivity index (χ2n) is 4.30. The summed E-state index contributed by atoms with van der Waals surface area (Å²) in [6.07, 6.45) is 0. The van der Waals surface area contributed by atoms with Crippen molar-refractivity contribution in [1.82, 2.24) is 0 Å². The maximum atomic E-state index is 11.5. The standard InChI is InChI=1S/C11H10N2O6S3/c12-11(20)13-7-2-1-6-3-8(21(14,15)16)5-10(9(6)4-7)22(17,18)19/h1-5H,(H3,12,13,20)(H,14,15,16)(H,17,18,19). The molecule has 0 aromatic heterocycles. The molecule has 0 heterocycles. The van der Waals surface area contributed by atoms with E-state index in [2.05, 4.69) is 17.5 Å².